The number of carbonyl (C=O) groups excluding carboxylic acids is 2. The second-order valence-electron chi connectivity index (χ2n) is 6.42. The number of carbonyl (C=O) groups is 2. The third-order valence-corrected chi connectivity index (χ3v) is 6.50. The third-order valence-electron chi connectivity index (χ3n) is 4.67. The summed E-state index contributed by atoms with van der Waals surface area (Å²) in [4.78, 5) is 29.2. The molecule has 1 aromatic heterocycles. The van der Waals surface area contributed by atoms with Gasteiger partial charge in [0.15, 0.2) is 0 Å². The van der Waals surface area contributed by atoms with Crippen molar-refractivity contribution in [3.63, 3.8) is 0 Å². The van der Waals surface area contributed by atoms with E-state index in [1.54, 1.807) is 0 Å². The molecule has 2 saturated heterocycles. The van der Waals surface area contributed by atoms with Crippen LogP contribution in [0.3, 0.4) is 0 Å². The Morgan fingerprint density at radius 1 is 1.39 bits per heavy atom. The molecule has 2 fully saturated rings. The summed E-state index contributed by atoms with van der Waals surface area (Å²) in [6.07, 6.45) is 1.43. The first-order chi connectivity index (χ1) is 11.0. The molecule has 3 heterocycles. The van der Waals surface area contributed by atoms with Gasteiger partial charge >= 0.3 is 6.09 Å². The van der Waals surface area contributed by atoms with Gasteiger partial charge in [0, 0.05) is 23.6 Å². The topological polar surface area (TPSA) is 49.9 Å². The van der Waals surface area contributed by atoms with Gasteiger partial charge in [0.05, 0.1) is 6.04 Å². The summed E-state index contributed by atoms with van der Waals surface area (Å²) in [7, 11) is 0. The van der Waals surface area contributed by atoms with Crippen LogP contribution in [0.2, 0.25) is 0 Å². The number of halogens is 1. The van der Waals surface area contributed by atoms with Gasteiger partial charge in [-0.3, -0.25) is 9.69 Å². The van der Waals surface area contributed by atoms with Crippen molar-refractivity contribution in [2.75, 3.05) is 19.7 Å². The van der Waals surface area contributed by atoms with Crippen LogP contribution in [0.5, 0.6) is 0 Å². The lowest BCUT2D eigenvalue weighted by atomic mass is 9.97. The van der Waals surface area contributed by atoms with Crippen LogP contribution < -0.4 is 0 Å². The van der Waals surface area contributed by atoms with Gasteiger partial charge in [0.25, 0.3) is 5.91 Å². The molecule has 0 bridgehead atoms. The number of thiophene rings is 1. The summed E-state index contributed by atoms with van der Waals surface area (Å²) in [5, 5.41) is 1.91. The SMILES string of the molecule is CC(C)C1COC(=O)N1C1CCN(C(=O)c2sccc2Br)CC1. The molecule has 0 radical (unpaired) electrons. The summed E-state index contributed by atoms with van der Waals surface area (Å²) in [5.74, 6) is 0.456. The molecule has 1 atom stereocenters. The van der Waals surface area contributed by atoms with Gasteiger partial charge in [-0.05, 0) is 46.1 Å². The molecule has 0 aromatic carbocycles. The number of nitrogens with zero attached hydrogens (tertiary/aromatic N) is 2. The lowest BCUT2D eigenvalue weighted by Gasteiger charge is -2.38. The van der Waals surface area contributed by atoms with E-state index in [0.717, 1.165) is 22.2 Å². The minimum Gasteiger partial charge on any atom is -0.447 e. The maximum atomic E-state index is 12.5. The Morgan fingerprint density at radius 2 is 2.09 bits per heavy atom. The number of hydrogen-bond donors (Lipinski definition) is 0. The Bertz CT molecular complexity index is 596. The van der Waals surface area contributed by atoms with E-state index in [0.29, 0.717) is 25.6 Å². The number of rotatable bonds is 3. The number of hydrogen-bond acceptors (Lipinski definition) is 4. The van der Waals surface area contributed by atoms with Crippen LogP contribution in [0.1, 0.15) is 36.4 Å². The number of likely N-dealkylation sites (tertiary alicyclic amines) is 1. The van der Waals surface area contributed by atoms with Crippen molar-refractivity contribution in [3.8, 4) is 0 Å². The van der Waals surface area contributed by atoms with E-state index >= 15 is 0 Å². The molecule has 1 unspecified atom stereocenters. The van der Waals surface area contributed by atoms with E-state index in [2.05, 4.69) is 29.8 Å². The fraction of sp³-hybridized carbons (Fsp3) is 0.625. The largest absolute Gasteiger partial charge is 0.447 e. The highest BCUT2D eigenvalue weighted by molar-refractivity contribution is 9.10. The zero-order chi connectivity index (χ0) is 16.6. The Hall–Kier alpha value is -1.08. The molecule has 23 heavy (non-hydrogen) atoms. The Morgan fingerprint density at radius 3 is 2.65 bits per heavy atom. The Labute approximate surface area is 148 Å². The first kappa shape index (κ1) is 16.8. The van der Waals surface area contributed by atoms with Crippen molar-refractivity contribution in [2.45, 2.75) is 38.8 Å². The van der Waals surface area contributed by atoms with Crippen molar-refractivity contribution in [3.05, 3.63) is 20.8 Å². The van der Waals surface area contributed by atoms with Gasteiger partial charge in [-0.1, -0.05) is 13.8 Å². The van der Waals surface area contributed by atoms with Crippen molar-refractivity contribution < 1.29 is 14.3 Å². The average molecular weight is 401 g/mol. The second kappa shape index (κ2) is 6.81. The molecular formula is C16H21BrN2O3S. The molecule has 5 nitrogen and oxygen atoms in total. The molecule has 2 aliphatic heterocycles. The van der Waals surface area contributed by atoms with Crippen LogP contribution in [0, 0.1) is 5.92 Å². The van der Waals surface area contributed by atoms with E-state index in [1.807, 2.05) is 21.2 Å². The monoisotopic (exact) mass is 400 g/mol. The molecular weight excluding hydrogens is 380 g/mol. The summed E-state index contributed by atoms with van der Waals surface area (Å²) < 4.78 is 6.10. The molecule has 0 saturated carbocycles. The molecule has 0 N–H and O–H groups in total. The minimum absolute atomic E-state index is 0.0785. The molecule has 3 rings (SSSR count). The normalized spacial score (nSPS) is 22.8. The predicted molar refractivity (Wildman–Crippen MR) is 92.8 cm³/mol. The minimum atomic E-state index is -0.200. The highest BCUT2D eigenvalue weighted by Gasteiger charge is 2.41. The lowest BCUT2D eigenvalue weighted by Crippen LogP contribution is -2.50. The first-order valence-electron chi connectivity index (χ1n) is 7.96. The van der Waals surface area contributed by atoms with Crippen LogP contribution in [0.4, 0.5) is 4.79 Å². The molecule has 1 aromatic rings. The van der Waals surface area contributed by atoms with Crippen molar-refractivity contribution in [1.29, 1.82) is 0 Å². The van der Waals surface area contributed by atoms with Gasteiger partial charge in [0.2, 0.25) is 0 Å². The molecule has 2 amide bonds. The van der Waals surface area contributed by atoms with E-state index in [4.69, 9.17) is 4.74 Å². The summed E-state index contributed by atoms with van der Waals surface area (Å²) in [6, 6.07) is 2.23. The Kier molecular flexibility index (Phi) is 4.96. The smallest absolute Gasteiger partial charge is 0.410 e. The number of piperidine rings is 1. The van der Waals surface area contributed by atoms with Gasteiger partial charge in [-0.15, -0.1) is 11.3 Å². The number of ether oxygens (including phenoxy) is 1. The maximum absolute atomic E-state index is 12.5. The Balaban J connectivity index is 1.63. The van der Waals surface area contributed by atoms with Crippen molar-refractivity contribution in [1.82, 2.24) is 9.80 Å². The molecule has 7 heteroatoms. The zero-order valence-corrected chi connectivity index (χ0v) is 15.7. The second-order valence-corrected chi connectivity index (χ2v) is 8.19. The van der Waals surface area contributed by atoms with Gasteiger partial charge in [-0.2, -0.15) is 0 Å². The summed E-state index contributed by atoms with van der Waals surface area (Å²) in [6.45, 7) is 6.09. The van der Waals surface area contributed by atoms with Crippen LogP contribution >= 0.6 is 27.3 Å². The molecule has 0 spiro atoms. The van der Waals surface area contributed by atoms with E-state index in [1.165, 1.54) is 11.3 Å². The van der Waals surface area contributed by atoms with Gasteiger partial charge < -0.3 is 9.64 Å². The molecule has 126 valence electrons. The number of cyclic esters (lactones) is 1. The third kappa shape index (κ3) is 3.26. The van der Waals surface area contributed by atoms with Crippen LogP contribution in [0.15, 0.2) is 15.9 Å². The molecule has 2 aliphatic rings. The lowest BCUT2D eigenvalue weighted by molar-refractivity contribution is 0.0623. The van der Waals surface area contributed by atoms with Gasteiger partial charge in [-0.25, -0.2) is 4.79 Å². The van der Waals surface area contributed by atoms with Crippen molar-refractivity contribution >= 4 is 39.3 Å². The summed E-state index contributed by atoms with van der Waals surface area (Å²) >= 11 is 4.88. The van der Waals surface area contributed by atoms with Crippen molar-refractivity contribution in [2.24, 2.45) is 5.92 Å². The van der Waals surface area contributed by atoms with Gasteiger partial charge in [0.1, 0.15) is 11.5 Å². The quantitative estimate of drug-likeness (QED) is 0.778. The standard InChI is InChI=1S/C16H21BrN2O3S/c1-10(2)13-9-22-16(21)19(13)11-3-6-18(7-4-11)15(20)14-12(17)5-8-23-14/h5,8,10-11,13H,3-4,6-7,9H2,1-2H3. The van der Waals surface area contributed by atoms with Crippen LogP contribution in [0.25, 0.3) is 0 Å². The van der Waals surface area contributed by atoms with Crippen LogP contribution in [-0.2, 0) is 4.74 Å². The van der Waals surface area contributed by atoms with E-state index < -0.39 is 0 Å². The fourth-order valence-corrected chi connectivity index (χ4v) is 4.83. The molecule has 0 aliphatic carbocycles. The van der Waals surface area contributed by atoms with E-state index in [9.17, 15) is 9.59 Å². The number of amides is 2. The summed E-state index contributed by atoms with van der Waals surface area (Å²) in [5.41, 5.74) is 0. The first-order valence-corrected chi connectivity index (χ1v) is 9.63. The highest BCUT2D eigenvalue weighted by Crippen LogP contribution is 2.29. The highest BCUT2D eigenvalue weighted by atomic mass is 79.9. The average Bonchev–Trinajstić information content (AvgIpc) is 3.12. The zero-order valence-electron chi connectivity index (χ0n) is 13.3. The van der Waals surface area contributed by atoms with E-state index in [-0.39, 0.29) is 24.1 Å². The maximum Gasteiger partial charge on any atom is 0.410 e. The predicted octanol–water partition coefficient (Wildman–Crippen LogP) is 3.59. The fourth-order valence-electron chi connectivity index (χ4n) is 3.32. The van der Waals surface area contributed by atoms with Crippen LogP contribution in [-0.4, -0.2) is 53.6 Å².